The number of nitrogens with zero attached hydrogens (tertiary/aromatic N) is 4. The van der Waals surface area contributed by atoms with Gasteiger partial charge in [-0.25, -0.2) is 9.67 Å². The molecule has 0 aliphatic carbocycles. The highest BCUT2D eigenvalue weighted by Gasteiger charge is 2.16. The fraction of sp³-hybridized carbons (Fsp3) is 0.250. The fourth-order valence-corrected chi connectivity index (χ4v) is 2.84. The molecule has 3 aromatic rings. The molecule has 2 aromatic carbocycles. The van der Waals surface area contributed by atoms with Gasteiger partial charge in [-0.1, -0.05) is 30.3 Å². The molecule has 0 aliphatic heterocycles. The van der Waals surface area contributed by atoms with Gasteiger partial charge in [-0.05, 0) is 38.1 Å². The normalized spacial score (nSPS) is 10.8. The first-order chi connectivity index (χ1) is 12.6. The minimum absolute atomic E-state index is 0.137. The van der Waals surface area contributed by atoms with Crippen molar-refractivity contribution >= 4 is 17.3 Å². The third-order valence-electron chi connectivity index (χ3n) is 4.20. The largest absolute Gasteiger partial charge is 0.345 e. The van der Waals surface area contributed by atoms with E-state index in [1.807, 2.05) is 85.1 Å². The molecule has 6 nitrogen and oxygen atoms in total. The Hall–Kier alpha value is -3.15. The van der Waals surface area contributed by atoms with Crippen LogP contribution in [0, 0.1) is 0 Å². The number of nitrogens with one attached hydrogen (secondary N) is 1. The van der Waals surface area contributed by atoms with Gasteiger partial charge in [0.1, 0.15) is 12.2 Å². The summed E-state index contributed by atoms with van der Waals surface area (Å²) in [6.07, 6.45) is 1.51. The number of rotatable bonds is 6. The molecule has 0 aliphatic rings. The number of para-hydroxylation sites is 2. The van der Waals surface area contributed by atoms with E-state index in [-0.39, 0.29) is 11.9 Å². The van der Waals surface area contributed by atoms with Crippen LogP contribution < -0.4 is 10.2 Å². The van der Waals surface area contributed by atoms with Crippen molar-refractivity contribution in [2.45, 2.75) is 26.4 Å². The van der Waals surface area contributed by atoms with Crippen LogP contribution in [0.1, 0.15) is 36.1 Å². The molecule has 1 aromatic heterocycles. The predicted octanol–water partition coefficient (Wildman–Crippen LogP) is 3.56. The summed E-state index contributed by atoms with van der Waals surface area (Å²) in [6, 6.07) is 17.7. The number of carbonyl (C=O) groups is 1. The highest BCUT2D eigenvalue weighted by atomic mass is 16.1. The van der Waals surface area contributed by atoms with E-state index in [4.69, 9.17) is 0 Å². The van der Waals surface area contributed by atoms with E-state index in [2.05, 4.69) is 15.4 Å². The van der Waals surface area contributed by atoms with Crippen LogP contribution in [-0.2, 0) is 6.54 Å². The molecule has 6 heteroatoms. The van der Waals surface area contributed by atoms with Gasteiger partial charge in [0.2, 0.25) is 0 Å². The summed E-state index contributed by atoms with van der Waals surface area (Å²) in [6.45, 7) is 4.40. The summed E-state index contributed by atoms with van der Waals surface area (Å²) in [4.78, 5) is 19.0. The third kappa shape index (κ3) is 3.74. The number of benzene rings is 2. The summed E-state index contributed by atoms with van der Waals surface area (Å²) in [5, 5.41) is 7.15. The van der Waals surface area contributed by atoms with Crippen LogP contribution in [0.25, 0.3) is 0 Å². The minimum Gasteiger partial charge on any atom is -0.345 e. The average Bonchev–Trinajstić information content (AvgIpc) is 3.15. The number of carbonyl (C=O) groups excluding carboxylic acids is 1. The fourth-order valence-electron chi connectivity index (χ4n) is 2.84. The molecule has 0 fully saturated rings. The zero-order valence-electron chi connectivity index (χ0n) is 15.3. The smallest absolute Gasteiger partial charge is 0.253 e. The highest BCUT2D eigenvalue weighted by Crippen LogP contribution is 2.26. The summed E-state index contributed by atoms with van der Waals surface area (Å²) < 4.78 is 1.81. The van der Waals surface area contributed by atoms with E-state index in [1.165, 1.54) is 6.33 Å². The van der Waals surface area contributed by atoms with Gasteiger partial charge in [0.15, 0.2) is 0 Å². The number of anilines is 2. The van der Waals surface area contributed by atoms with Crippen LogP contribution >= 0.6 is 0 Å². The molecule has 0 unspecified atom stereocenters. The third-order valence-corrected chi connectivity index (χ3v) is 4.20. The second kappa shape index (κ2) is 7.82. The Morgan fingerprint density at radius 3 is 2.54 bits per heavy atom. The molecule has 1 amide bonds. The van der Waals surface area contributed by atoms with Crippen molar-refractivity contribution in [2.75, 3.05) is 11.9 Å². The zero-order chi connectivity index (χ0) is 18.5. The van der Waals surface area contributed by atoms with E-state index < -0.39 is 0 Å². The molecular weight excluding hydrogens is 326 g/mol. The van der Waals surface area contributed by atoms with E-state index in [0.717, 1.165) is 17.2 Å². The Balaban J connectivity index is 1.79. The standard InChI is InChI=1S/C20H23N5O/c1-15(2)25-19(22-14-23-25)13-21-20(26)17-11-7-8-12-18(17)24(3)16-9-5-4-6-10-16/h4-12,14-15H,13H2,1-3H3,(H,21,26). The lowest BCUT2D eigenvalue weighted by atomic mass is 10.1. The van der Waals surface area contributed by atoms with Crippen LogP contribution in [0.3, 0.4) is 0 Å². The first kappa shape index (κ1) is 17.7. The molecule has 26 heavy (non-hydrogen) atoms. The molecule has 0 spiro atoms. The van der Waals surface area contributed by atoms with Crippen LogP contribution in [0.15, 0.2) is 60.9 Å². The van der Waals surface area contributed by atoms with E-state index >= 15 is 0 Å². The number of amides is 1. The van der Waals surface area contributed by atoms with Gasteiger partial charge in [-0.3, -0.25) is 4.79 Å². The maximum atomic E-state index is 12.8. The van der Waals surface area contributed by atoms with Crippen molar-refractivity contribution < 1.29 is 4.79 Å². The lowest BCUT2D eigenvalue weighted by molar-refractivity contribution is 0.0949. The van der Waals surface area contributed by atoms with Gasteiger partial charge < -0.3 is 10.2 Å². The Morgan fingerprint density at radius 1 is 1.12 bits per heavy atom. The second-order valence-electron chi connectivity index (χ2n) is 6.31. The van der Waals surface area contributed by atoms with Gasteiger partial charge in [-0.15, -0.1) is 0 Å². The lowest BCUT2D eigenvalue weighted by Crippen LogP contribution is -2.27. The summed E-state index contributed by atoms with van der Waals surface area (Å²) >= 11 is 0. The molecule has 0 radical (unpaired) electrons. The maximum Gasteiger partial charge on any atom is 0.253 e. The molecule has 1 N–H and O–H groups in total. The molecule has 134 valence electrons. The van der Waals surface area contributed by atoms with Crippen LogP contribution in [0.5, 0.6) is 0 Å². The molecule has 3 rings (SSSR count). The molecule has 0 atom stereocenters. The van der Waals surface area contributed by atoms with Crippen molar-refractivity contribution in [3.8, 4) is 0 Å². The van der Waals surface area contributed by atoms with Gasteiger partial charge >= 0.3 is 0 Å². The monoisotopic (exact) mass is 349 g/mol. The van der Waals surface area contributed by atoms with E-state index in [0.29, 0.717) is 12.1 Å². The summed E-state index contributed by atoms with van der Waals surface area (Å²) in [5.74, 6) is 0.601. The molecule has 1 heterocycles. The Kier molecular flexibility index (Phi) is 5.31. The second-order valence-corrected chi connectivity index (χ2v) is 6.31. The minimum atomic E-state index is -0.137. The highest BCUT2D eigenvalue weighted by molar-refractivity contribution is 6.00. The maximum absolute atomic E-state index is 12.8. The topological polar surface area (TPSA) is 63.1 Å². The number of hydrogen-bond donors (Lipinski definition) is 1. The van der Waals surface area contributed by atoms with Gasteiger partial charge in [0, 0.05) is 18.8 Å². The predicted molar refractivity (Wildman–Crippen MR) is 103 cm³/mol. The number of hydrogen-bond acceptors (Lipinski definition) is 4. The van der Waals surface area contributed by atoms with Crippen molar-refractivity contribution in [1.29, 1.82) is 0 Å². The average molecular weight is 349 g/mol. The first-order valence-corrected chi connectivity index (χ1v) is 8.62. The van der Waals surface area contributed by atoms with Gasteiger partial charge in [0.05, 0.1) is 17.8 Å². The van der Waals surface area contributed by atoms with Crippen molar-refractivity contribution in [3.05, 3.63) is 72.3 Å². The van der Waals surface area contributed by atoms with E-state index in [9.17, 15) is 4.79 Å². The Bertz CT molecular complexity index is 873. The number of aromatic nitrogens is 3. The Morgan fingerprint density at radius 2 is 1.81 bits per heavy atom. The SMILES string of the molecule is CC(C)n1ncnc1CNC(=O)c1ccccc1N(C)c1ccccc1. The lowest BCUT2D eigenvalue weighted by Gasteiger charge is -2.22. The van der Waals surface area contributed by atoms with Crippen LogP contribution in [-0.4, -0.2) is 27.7 Å². The summed E-state index contributed by atoms with van der Waals surface area (Å²) in [7, 11) is 1.96. The van der Waals surface area contributed by atoms with Crippen LogP contribution in [0.2, 0.25) is 0 Å². The van der Waals surface area contributed by atoms with Crippen molar-refractivity contribution in [3.63, 3.8) is 0 Å². The van der Waals surface area contributed by atoms with Gasteiger partial charge in [0.25, 0.3) is 5.91 Å². The Labute approximate surface area is 153 Å². The quantitative estimate of drug-likeness (QED) is 0.739. The molecular formula is C20H23N5O. The van der Waals surface area contributed by atoms with Crippen LogP contribution in [0.4, 0.5) is 11.4 Å². The summed E-state index contributed by atoms with van der Waals surface area (Å²) in [5.41, 5.74) is 2.49. The van der Waals surface area contributed by atoms with E-state index in [1.54, 1.807) is 0 Å². The zero-order valence-corrected chi connectivity index (χ0v) is 15.3. The van der Waals surface area contributed by atoms with Gasteiger partial charge in [-0.2, -0.15) is 5.10 Å². The van der Waals surface area contributed by atoms with Crippen molar-refractivity contribution in [2.24, 2.45) is 0 Å². The molecule has 0 bridgehead atoms. The molecule has 0 saturated carbocycles. The molecule has 0 saturated heterocycles. The van der Waals surface area contributed by atoms with Crippen molar-refractivity contribution in [1.82, 2.24) is 20.1 Å². The first-order valence-electron chi connectivity index (χ1n) is 8.62.